The first-order chi connectivity index (χ1) is 15.7. The average molecular weight is 446 g/mol. The highest BCUT2D eigenvalue weighted by Crippen LogP contribution is 2.34. The molecule has 0 saturated carbocycles. The van der Waals surface area contributed by atoms with Crippen LogP contribution in [-0.4, -0.2) is 16.8 Å². The molecule has 0 bridgehead atoms. The second-order valence-electron chi connectivity index (χ2n) is 8.63. The Kier molecular flexibility index (Phi) is 6.04. The first kappa shape index (κ1) is 20.9. The van der Waals surface area contributed by atoms with Crippen LogP contribution in [0.15, 0.2) is 54.6 Å². The minimum atomic E-state index is -0.183. The zero-order chi connectivity index (χ0) is 21.9. The van der Waals surface area contributed by atoms with E-state index in [-0.39, 0.29) is 17.7 Å². The van der Waals surface area contributed by atoms with E-state index in [0.29, 0.717) is 25.8 Å². The Balaban J connectivity index is 1.32. The summed E-state index contributed by atoms with van der Waals surface area (Å²) in [5.41, 5.74) is 4.26. The monoisotopic (exact) mass is 445 g/mol. The lowest BCUT2D eigenvalue weighted by atomic mass is 9.89. The fourth-order valence-electron chi connectivity index (χ4n) is 4.56. The van der Waals surface area contributed by atoms with E-state index in [1.54, 1.807) is 11.3 Å². The highest BCUT2D eigenvalue weighted by Gasteiger charge is 2.28. The molecular formula is C26H27N3O2S. The number of carbonyl (C=O) groups is 2. The van der Waals surface area contributed by atoms with E-state index in [0.717, 1.165) is 40.5 Å². The van der Waals surface area contributed by atoms with E-state index in [1.165, 1.54) is 17.7 Å². The van der Waals surface area contributed by atoms with Crippen LogP contribution in [0, 0.1) is 5.92 Å². The maximum atomic E-state index is 13.4. The summed E-state index contributed by atoms with van der Waals surface area (Å²) in [6, 6.07) is 18.0. The van der Waals surface area contributed by atoms with Crippen molar-refractivity contribution in [1.82, 2.24) is 4.98 Å². The van der Waals surface area contributed by atoms with E-state index in [2.05, 4.69) is 5.32 Å². The summed E-state index contributed by atoms with van der Waals surface area (Å²) >= 11 is 1.66. The molecule has 1 unspecified atom stereocenters. The average Bonchev–Trinajstić information content (AvgIpc) is 3.25. The van der Waals surface area contributed by atoms with Crippen molar-refractivity contribution < 1.29 is 9.59 Å². The van der Waals surface area contributed by atoms with Crippen LogP contribution in [0.3, 0.4) is 0 Å². The Hall–Kier alpha value is -2.99. The van der Waals surface area contributed by atoms with Gasteiger partial charge in [0.2, 0.25) is 11.8 Å². The predicted molar refractivity (Wildman–Crippen MR) is 128 cm³/mol. The molecule has 164 valence electrons. The number of benzene rings is 2. The Morgan fingerprint density at radius 1 is 1.06 bits per heavy atom. The molecule has 3 aromatic rings. The first-order valence-electron chi connectivity index (χ1n) is 11.4. The highest BCUT2D eigenvalue weighted by molar-refractivity contribution is 7.15. The molecule has 2 heterocycles. The first-order valence-corrected chi connectivity index (χ1v) is 12.2. The van der Waals surface area contributed by atoms with E-state index in [4.69, 9.17) is 4.98 Å². The van der Waals surface area contributed by atoms with Crippen LogP contribution >= 0.6 is 11.3 Å². The van der Waals surface area contributed by atoms with Crippen LogP contribution in [0.2, 0.25) is 0 Å². The number of amides is 2. The molecule has 5 nitrogen and oxygen atoms in total. The van der Waals surface area contributed by atoms with Crippen molar-refractivity contribution in [1.29, 1.82) is 0 Å². The van der Waals surface area contributed by atoms with Crippen molar-refractivity contribution in [2.45, 2.75) is 51.5 Å². The second kappa shape index (κ2) is 9.25. The van der Waals surface area contributed by atoms with Crippen LogP contribution in [0.4, 0.5) is 10.8 Å². The van der Waals surface area contributed by atoms with Crippen molar-refractivity contribution in [2.75, 3.05) is 10.2 Å². The van der Waals surface area contributed by atoms with Gasteiger partial charge in [0, 0.05) is 22.9 Å². The molecular weight excluding hydrogens is 418 g/mol. The number of nitrogens with one attached hydrogen (secondary N) is 1. The number of nitrogens with zero attached hydrogens (tertiary/aromatic N) is 2. The van der Waals surface area contributed by atoms with Gasteiger partial charge in [-0.3, -0.25) is 14.5 Å². The van der Waals surface area contributed by atoms with Gasteiger partial charge in [-0.05, 0) is 55.7 Å². The zero-order valence-electron chi connectivity index (χ0n) is 18.0. The van der Waals surface area contributed by atoms with Crippen LogP contribution in [-0.2, 0) is 35.4 Å². The van der Waals surface area contributed by atoms with E-state index in [1.807, 2.05) is 59.5 Å². The van der Waals surface area contributed by atoms with Crippen molar-refractivity contribution in [3.63, 3.8) is 0 Å². The summed E-state index contributed by atoms with van der Waals surface area (Å²) in [4.78, 5) is 34.0. The Morgan fingerprint density at radius 2 is 1.84 bits per heavy atom. The van der Waals surface area contributed by atoms with Crippen LogP contribution in [0.25, 0.3) is 0 Å². The SMILES string of the molecule is O=C1Nc2ccccc2CC1CCC(=O)N(Cc1ccccc1)c1nc2c(s1)CCCC2. The third kappa shape index (κ3) is 4.46. The molecule has 0 saturated heterocycles. The molecule has 2 amide bonds. The number of aromatic nitrogens is 1. The number of anilines is 2. The summed E-state index contributed by atoms with van der Waals surface area (Å²) in [5.74, 6) is -0.139. The minimum Gasteiger partial charge on any atom is -0.326 e. The number of carbonyl (C=O) groups excluding carboxylic acids is 2. The molecule has 2 aliphatic rings. The Labute approximate surface area is 192 Å². The van der Waals surface area contributed by atoms with Crippen LogP contribution < -0.4 is 10.2 Å². The molecule has 1 aliphatic heterocycles. The van der Waals surface area contributed by atoms with Gasteiger partial charge in [-0.25, -0.2) is 4.98 Å². The topological polar surface area (TPSA) is 62.3 Å². The third-order valence-corrected chi connectivity index (χ3v) is 7.55. The molecule has 1 aliphatic carbocycles. The number of para-hydroxylation sites is 1. The molecule has 6 heteroatoms. The molecule has 32 heavy (non-hydrogen) atoms. The number of hydrogen-bond acceptors (Lipinski definition) is 4. The maximum Gasteiger partial charge on any atom is 0.229 e. The molecule has 0 spiro atoms. The van der Waals surface area contributed by atoms with Gasteiger partial charge in [0.25, 0.3) is 0 Å². The fourth-order valence-corrected chi connectivity index (χ4v) is 5.73. The molecule has 0 radical (unpaired) electrons. The van der Waals surface area contributed by atoms with Crippen LogP contribution in [0.5, 0.6) is 0 Å². The zero-order valence-corrected chi connectivity index (χ0v) is 18.9. The van der Waals surface area contributed by atoms with Crippen LogP contribution in [0.1, 0.15) is 47.4 Å². The third-order valence-electron chi connectivity index (χ3n) is 6.37. The normalized spacial score (nSPS) is 17.2. The quantitative estimate of drug-likeness (QED) is 0.571. The van der Waals surface area contributed by atoms with E-state index < -0.39 is 0 Å². The number of hydrogen-bond donors (Lipinski definition) is 1. The smallest absolute Gasteiger partial charge is 0.229 e. The number of rotatable bonds is 6. The minimum absolute atomic E-state index is 0.0100. The van der Waals surface area contributed by atoms with Gasteiger partial charge in [0.05, 0.1) is 12.2 Å². The Bertz CT molecular complexity index is 1100. The standard InChI is InChI=1S/C26H27N3O2S/c30-24(15-14-20-16-19-10-4-5-11-21(19)27-25(20)31)29(17-18-8-2-1-3-9-18)26-28-22-12-6-7-13-23(22)32-26/h1-5,8-11,20H,6-7,12-17H2,(H,27,31). The summed E-state index contributed by atoms with van der Waals surface area (Å²) in [7, 11) is 0. The van der Waals surface area contributed by atoms with E-state index in [9.17, 15) is 9.59 Å². The van der Waals surface area contributed by atoms with Crippen molar-refractivity contribution in [2.24, 2.45) is 5.92 Å². The Morgan fingerprint density at radius 3 is 2.69 bits per heavy atom. The van der Waals surface area contributed by atoms with Gasteiger partial charge in [0.1, 0.15) is 0 Å². The van der Waals surface area contributed by atoms with Gasteiger partial charge in [-0.15, -0.1) is 11.3 Å². The summed E-state index contributed by atoms with van der Waals surface area (Å²) in [5, 5.41) is 3.79. The molecule has 2 aromatic carbocycles. The number of fused-ring (bicyclic) bond motifs is 2. The summed E-state index contributed by atoms with van der Waals surface area (Å²) < 4.78 is 0. The molecule has 1 atom stereocenters. The van der Waals surface area contributed by atoms with Gasteiger partial charge in [0.15, 0.2) is 5.13 Å². The van der Waals surface area contributed by atoms with Gasteiger partial charge in [-0.1, -0.05) is 48.5 Å². The molecule has 5 rings (SSSR count). The molecule has 1 N–H and O–H groups in total. The van der Waals surface area contributed by atoms with Crippen molar-refractivity contribution in [3.8, 4) is 0 Å². The number of thiazole rings is 1. The molecule has 1 aromatic heterocycles. The largest absolute Gasteiger partial charge is 0.326 e. The summed E-state index contributed by atoms with van der Waals surface area (Å²) in [6.45, 7) is 0.506. The maximum absolute atomic E-state index is 13.4. The van der Waals surface area contributed by atoms with Gasteiger partial charge in [-0.2, -0.15) is 0 Å². The van der Waals surface area contributed by atoms with Crippen molar-refractivity contribution in [3.05, 3.63) is 76.3 Å². The lowest BCUT2D eigenvalue weighted by molar-refractivity contribution is -0.121. The lowest BCUT2D eigenvalue weighted by Crippen LogP contribution is -2.33. The summed E-state index contributed by atoms with van der Waals surface area (Å²) in [6.07, 6.45) is 5.97. The second-order valence-corrected chi connectivity index (χ2v) is 9.69. The number of aryl methyl sites for hydroxylation is 2. The fraction of sp³-hybridized carbons (Fsp3) is 0.346. The molecule has 0 fully saturated rings. The predicted octanol–water partition coefficient (Wildman–Crippen LogP) is 5.15. The lowest BCUT2D eigenvalue weighted by Gasteiger charge is -2.25. The van der Waals surface area contributed by atoms with Gasteiger partial charge >= 0.3 is 0 Å². The van der Waals surface area contributed by atoms with Crippen molar-refractivity contribution >= 4 is 34.0 Å². The highest BCUT2D eigenvalue weighted by atomic mass is 32.1. The van der Waals surface area contributed by atoms with Gasteiger partial charge < -0.3 is 5.32 Å². The van der Waals surface area contributed by atoms with E-state index >= 15 is 0 Å².